The van der Waals surface area contributed by atoms with Crippen LogP contribution in [0.4, 0.5) is 0 Å². The molecule has 1 unspecified atom stereocenters. The highest BCUT2D eigenvalue weighted by atomic mass is 127. The first-order valence-electron chi connectivity index (χ1n) is 8.71. The maximum absolute atomic E-state index is 6.13. The number of ether oxygens (including phenoxy) is 2. The van der Waals surface area contributed by atoms with E-state index in [4.69, 9.17) is 14.0 Å². The third-order valence-corrected chi connectivity index (χ3v) is 4.06. The Morgan fingerprint density at radius 3 is 2.78 bits per heavy atom. The van der Waals surface area contributed by atoms with Crippen LogP contribution in [0.15, 0.2) is 27.7 Å². The molecule has 1 fully saturated rings. The van der Waals surface area contributed by atoms with Crippen molar-refractivity contribution < 1.29 is 14.0 Å². The normalized spacial score (nSPS) is 16.7. The van der Waals surface area contributed by atoms with Crippen LogP contribution in [0, 0.1) is 13.8 Å². The van der Waals surface area contributed by atoms with E-state index in [0.717, 1.165) is 29.9 Å². The number of nitrogens with zero attached hydrogens (tertiary/aromatic N) is 3. The van der Waals surface area contributed by atoms with Gasteiger partial charge in [-0.1, -0.05) is 17.3 Å². The molecule has 1 aromatic heterocycles. The van der Waals surface area contributed by atoms with Crippen LogP contribution < -0.4 is 15.4 Å². The number of guanidine groups is 1. The van der Waals surface area contributed by atoms with Crippen LogP contribution in [0.3, 0.4) is 0 Å². The van der Waals surface area contributed by atoms with Gasteiger partial charge in [-0.25, -0.2) is 0 Å². The van der Waals surface area contributed by atoms with E-state index in [1.54, 1.807) is 14.0 Å². The minimum absolute atomic E-state index is 0. The molecule has 1 aliphatic rings. The van der Waals surface area contributed by atoms with Crippen LogP contribution in [0.1, 0.15) is 29.3 Å². The Kier molecular flexibility index (Phi) is 8.29. The number of hydrogen-bond donors (Lipinski definition) is 2. The second-order valence-electron chi connectivity index (χ2n) is 6.22. The maximum Gasteiger partial charge on any atom is 0.223 e. The zero-order valence-corrected chi connectivity index (χ0v) is 18.1. The van der Waals surface area contributed by atoms with E-state index < -0.39 is 0 Å². The van der Waals surface area contributed by atoms with Gasteiger partial charge < -0.3 is 24.6 Å². The number of aromatic nitrogens is 2. The summed E-state index contributed by atoms with van der Waals surface area (Å²) in [6.45, 7) is 6.26. The monoisotopic (exact) mass is 487 g/mol. The fourth-order valence-corrected chi connectivity index (χ4v) is 2.68. The summed E-state index contributed by atoms with van der Waals surface area (Å²) in [5.41, 5.74) is 2.23. The van der Waals surface area contributed by atoms with Crippen molar-refractivity contribution in [3.05, 3.63) is 41.0 Å². The number of halogens is 1. The summed E-state index contributed by atoms with van der Waals surface area (Å²) in [5.74, 6) is 2.67. The molecule has 0 amide bonds. The standard InChI is InChI=1S/C18H25N5O3.HI/c1-12-4-5-14(16(8-12)25-15-6-7-24-11-15)9-20-18(19-3)21-10-17-22-13(2)26-23-17;/h4-5,8,15H,6-7,9-11H2,1-3H3,(H2,19,20,21);1H. The quantitative estimate of drug-likeness (QED) is 0.367. The molecule has 8 nitrogen and oxygen atoms in total. The molecule has 9 heteroatoms. The van der Waals surface area contributed by atoms with Crippen molar-refractivity contribution >= 4 is 29.9 Å². The first-order chi connectivity index (χ1) is 12.6. The highest BCUT2D eigenvalue weighted by molar-refractivity contribution is 14.0. The number of hydrogen-bond acceptors (Lipinski definition) is 6. The Morgan fingerprint density at radius 2 is 2.11 bits per heavy atom. The summed E-state index contributed by atoms with van der Waals surface area (Å²) in [7, 11) is 1.72. The third-order valence-electron chi connectivity index (χ3n) is 4.06. The largest absolute Gasteiger partial charge is 0.488 e. The molecular weight excluding hydrogens is 461 g/mol. The predicted molar refractivity (Wildman–Crippen MR) is 113 cm³/mol. The SMILES string of the molecule is CN=C(NCc1noc(C)n1)NCc1ccc(C)cc1OC1CCOC1.I. The molecule has 1 aromatic carbocycles. The van der Waals surface area contributed by atoms with Crippen molar-refractivity contribution in [3.63, 3.8) is 0 Å². The van der Waals surface area contributed by atoms with E-state index >= 15 is 0 Å². The lowest BCUT2D eigenvalue weighted by molar-refractivity contribution is 0.140. The van der Waals surface area contributed by atoms with E-state index in [0.29, 0.717) is 37.4 Å². The van der Waals surface area contributed by atoms with Crippen LogP contribution in [-0.4, -0.2) is 42.5 Å². The van der Waals surface area contributed by atoms with Gasteiger partial charge in [-0.05, 0) is 18.6 Å². The molecule has 0 bridgehead atoms. The van der Waals surface area contributed by atoms with E-state index in [1.165, 1.54) is 0 Å². The second kappa shape index (κ2) is 10.5. The van der Waals surface area contributed by atoms with Gasteiger partial charge in [-0.15, -0.1) is 24.0 Å². The van der Waals surface area contributed by atoms with Gasteiger partial charge in [0.25, 0.3) is 0 Å². The highest BCUT2D eigenvalue weighted by Crippen LogP contribution is 2.23. The fourth-order valence-electron chi connectivity index (χ4n) is 2.68. The molecule has 27 heavy (non-hydrogen) atoms. The van der Waals surface area contributed by atoms with Crippen molar-refractivity contribution in [1.29, 1.82) is 0 Å². The molecule has 1 atom stereocenters. The van der Waals surface area contributed by atoms with Crippen molar-refractivity contribution in [2.75, 3.05) is 20.3 Å². The van der Waals surface area contributed by atoms with E-state index in [1.807, 2.05) is 0 Å². The number of rotatable bonds is 6. The molecular formula is C18H26IN5O3. The summed E-state index contributed by atoms with van der Waals surface area (Å²) < 4.78 is 16.5. The maximum atomic E-state index is 6.13. The molecule has 1 saturated heterocycles. The van der Waals surface area contributed by atoms with E-state index in [-0.39, 0.29) is 30.1 Å². The lowest BCUT2D eigenvalue weighted by atomic mass is 10.1. The number of aliphatic imine (C=N–C) groups is 1. The molecule has 0 radical (unpaired) electrons. The van der Waals surface area contributed by atoms with Crippen molar-refractivity contribution in [3.8, 4) is 5.75 Å². The average Bonchev–Trinajstić information content (AvgIpc) is 3.28. The lowest BCUT2D eigenvalue weighted by Gasteiger charge is -2.17. The fraction of sp³-hybridized carbons (Fsp3) is 0.500. The average molecular weight is 487 g/mol. The first-order valence-corrected chi connectivity index (χ1v) is 8.71. The molecule has 0 aliphatic carbocycles. The van der Waals surface area contributed by atoms with Gasteiger partial charge in [0.1, 0.15) is 11.9 Å². The topological polar surface area (TPSA) is 93.8 Å². The Hall–Kier alpha value is -1.88. The predicted octanol–water partition coefficient (Wildman–Crippen LogP) is 2.34. The third kappa shape index (κ3) is 6.35. The van der Waals surface area contributed by atoms with Crippen molar-refractivity contribution in [2.24, 2.45) is 4.99 Å². The molecule has 2 heterocycles. The first kappa shape index (κ1) is 21.4. The Bertz CT molecular complexity index is 759. The van der Waals surface area contributed by atoms with Crippen LogP contribution in [-0.2, 0) is 17.8 Å². The molecule has 2 aromatic rings. The summed E-state index contributed by atoms with van der Waals surface area (Å²) in [5, 5.41) is 10.3. The minimum atomic E-state index is 0. The number of nitrogens with one attached hydrogen (secondary N) is 2. The van der Waals surface area contributed by atoms with E-state index in [2.05, 4.69) is 50.9 Å². The summed E-state index contributed by atoms with van der Waals surface area (Å²) >= 11 is 0. The summed E-state index contributed by atoms with van der Waals surface area (Å²) in [6.07, 6.45) is 1.04. The Balaban J connectivity index is 0.00000261. The van der Waals surface area contributed by atoms with Crippen molar-refractivity contribution in [2.45, 2.75) is 39.5 Å². The van der Waals surface area contributed by atoms with E-state index in [9.17, 15) is 0 Å². The zero-order chi connectivity index (χ0) is 18.4. The van der Waals surface area contributed by atoms with Crippen LogP contribution in [0.2, 0.25) is 0 Å². The van der Waals surface area contributed by atoms with Crippen LogP contribution >= 0.6 is 24.0 Å². The number of benzene rings is 1. The van der Waals surface area contributed by atoms with Gasteiger partial charge in [-0.2, -0.15) is 4.98 Å². The minimum Gasteiger partial charge on any atom is -0.488 e. The number of aryl methyl sites for hydroxylation is 2. The highest BCUT2D eigenvalue weighted by Gasteiger charge is 2.18. The van der Waals surface area contributed by atoms with Gasteiger partial charge >= 0.3 is 0 Å². The molecule has 1 aliphatic heterocycles. The van der Waals surface area contributed by atoms with Crippen molar-refractivity contribution in [1.82, 2.24) is 20.8 Å². The Labute approximate surface area is 176 Å². The van der Waals surface area contributed by atoms with Gasteiger partial charge in [0.2, 0.25) is 5.89 Å². The zero-order valence-electron chi connectivity index (χ0n) is 15.8. The van der Waals surface area contributed by atoms with Gasteiger partial charge in [0, 0.05) is 32.5 Å². The summed E-state index contributed by atoms with van der Waals surface area (Å²) in [6, 6.07) is 6.21. The molecule has 2 N–H and O–H groups in total. The molecule has 148 valence electrons. The molecule has 0 spiro atoms. The molecule has 3 rings (SSSR count). The molecule has 0 saturated carbocycles. The Morgan fingerprint density at radius 1 is 1.30 bits per heavy atom. The van der Waals surface area contributed by atoms with Crippen LogP contribution in [0.5, 0.6) is 5.75 Å². The van der Waals surface area contributed by atoms with Crippen LogP contribution in [0.25, 0.3) is 0 Å². The van der Waals surface area contributed by atoms with Gasteiger partial charge in [0.05, 0.1) is 19.8 Å². The lowest BCUT2D eigenvalue weighted by Crippen LogP contribution is -2.36. The smallest absolute Gasteiger partial charge is 0.223 e. The van der Waals surface area contributed by atoms with Gasteiger partial charge in [-0.3, -0.25) is 4.99 Å². The van der Waals surface area contributed by atoms with Gasteiger partial charge in [0.15, 0.2) is 11.8 Å². The summed E-state index contributed by atoms with van der Waals surface area (Å²) in [4.78, 5) is 8.38. The second-order valence-corrected chi connectivity index (χ2v) is 6.22.